The molecule has 2 aromatic rings. The first-order valence-electron chi connectivity index (χ1n) is 6.36. The highest BCUT2D eigenvalue weighted by Crippen LogP contribution is 2.48. The summed E-state index contributed by atoms with van der Waals surface area (Å²) in [4.78, 5) is 12.0. The number of carbonyl (C=O) groups is 1. The van der Waals surface area contributed by atoms with E-state index in [9.17, 15) is 4.79 Å². The predicted molar refractivity (Wildman–Crippen MR) is 84.8 cm³/mol. The summed E-state index contributed by atoms with van der Waals surface area (Å²) >= 11 is 4.81. The number of para-hydroxylation sites is 2. The summed E-state index contributed by atoms with van der Waals surface area (Å²) in [6.45, 7) is 0. The molecule has 2 aromatic carbocycles. The minimum Gasteiger partial charge on any atom is -0.465 e. The zero-order valence-electron chi connectivity index (χ0n) is 11.6. The van der Waals surface area contributed by atoms with Crippen LogP contribution >= 0.6 is 12.2 Å². The van der Waals surface area contributed by atoms with Crippen LogP contribution < -0.4 is 20.5 Å². The standard InChI is InChI=1S/C15H12N2O4S/c1-19-14(18)9-6-8(17-15(16)22)7-12-13(9)21-11-5-3-2-4-10(11)20-12/h2-7H,1H3,(H3,16,17,22). The SMILES string of the molecule is COC(=O)c1cc(NC(N)=S)cc2c1Oc1ccccc1O2. The molecule has 0 aliphatic carbocycles. The van der Waals surface area contributed by atoms with Gasteiger partial charge in [0.25, 0.3) is 0 Å². The van der Waals surface area contributed by atoms with Crippen LogP contribution in [0.2, 0.25) is 0 Å². The van der Waals surface area contributed by atoms with Crippen molar-refractivity contribution in [1.82, 2.24) is 0 Å². The fraction of sp³-hybridized carbons (Fsp3) is 0.0667. The Balaban J connectivity index is 2.11. The van der Waals surface area contributed by atoms with E-state index in [4.69, 9.17) is 32.2 Å². The number of hydrogen-bond acceptors (Lipinski definition) is 5. The van der Waals surface area contributed by atoms with E-state index in [-0.39, 0.29) is 10.7 Å². The molecular weight excluding hydrogens is 304 g/mol. The number of carbonyl (C=O) groups excluding carboxylic acids is 1. The number of thiocarbonyl (C=S) groups is 1. The number of rotatable bonds is 2. The Bertz CT molecular complexity index is 776. The lowest BCUT2D eigenvalue weighted by Gasteiger charge is -2.23. The van der Waals surface area contributed by atoms with Crippen molar-refractivity contribution in [2.24, 2.45) is 5.73 Å². The van der Waals surface area contributed by atoms with Crippen molar-refractivity contribution < 1.29 is 19.0 Å². The Labute approximate surface area is 131 Å². The molecule has 0 unspecified atom stereocenters. The summed E-state index contributed by atoms with van der Waals surface area (Å²) in [7, 11) is 1.29. The Morgan fingerprint density at radius 2 is 1.86 bits per heavy atom. The molecule has 0 bridgehead atoms. The Hall–Kier alpha value is -2.80. The van der Waals surface area contributed by atoms with Gasteiger partial charge < -0.3 is 25.3 Å². The largest absolute Gasteiger partial charge is 0.465 e. The van der Waals surface area contributed by atoms with Crippen molar-refractivity contribution in [3.63, 3.8) is 0 Å². The van der Waals surface area contributed by atoms with Crippen LogP contribution in [-0.2, 0) is 4.74 Å². The first-order valence-corrected chi connectivity index (χ1v) is 6.77. The summed E-state index contributed by atoms with van der Waals surface area (Å²) in [6, 6.07) is 10.3. The summed E-state index contributed by atoms with van der Waals surface area (Å²) in [5.74, 6) is 1.19. The molecule has 0 aromatic heterocycles. The van der Waals surface area contributed by atoms with Gasteiger partial charge in [-0.15, -0.1) is 0 Å². The fourth-order valence-corrected chi connectivity index (χ4v) is 2.22. The molecule has 0 spiro atoms. The second-order valence-corrected chi connectivity index (χ2v) is 4.92. The molecule has 112 valence electrons. The summed E-state index contributed by atoms with van der Waals surface area (Å²) in [5.41, 5.74) is 6.19. The van der Waals surface area contributed by atoms with Gasteiger partial charge in [0.05, 0.1) is 7.11 Å². The lowest BCUT2D eigenvalue weighted by atomic mass is 10.1. The molecule has 0 radical (unpaired) electrons. The Kier molecular flexibility index (Phi) is 3.56. The van der Waals surface area contributed by atoms with Gasteiger partial charge >= 0.3 is 5.97 Å². The van der Waals surface area contributed by atoms with Gasteiger partial charge in [-0.05, 0) is 30.4 Å². The van der Waals surface area contributed by atoms with E-state index in [1.54, 1.807) is 24.3 Å². The summed E-state index contributed by atoms with van der Waals surface area (Å²) in [6.07, 6.45) is 0. The number of fused-ring (bicyclic) bond motifs is 2. The highest BCUT2D eigenvalue weighted by molar-refractivity contribution is 7.80. The molecule has 3 rings (SSSR count). The molecular formula is C15H12N2O4S. The van der Waals surface area contributed by atoms with Crippen molar-refractivity contribution in [3.8, 4) is 23.0 Å². The monoisotopic (exact) mass is 316 g/mol. The van der Waals surface area contributed by atoms with Gasteiger partial charge in [-0.2, -0.15) is 0 Å². The van der Waals surface area contributed by atoms with E-state index in [2.05, 4.69) is 5.32 Å². The number of ether oxygens (including phenoxy) is 3. The maximum Gasteiger partial charge on any atom is 0.341 e. The predicted octanol–water partition coefficient (Wildman–Crippen LogP) is 3.03. The molecule has 0 fully saturated rings. The number of benzene rings is 2. The van der Waals surface area contributed by atoms with Gasteiger partial charge in [0.1, 0.15) is 5.56 Å². The summed E-state index contributed by atoms with van der Waals surface area (Å²) < 4.78 is 16.3. The molecule has 0 saturated heterocycles. The molecule has 1 aliphatic heterocycles. The molecule has 0 saturated carbocycles. The average Bonchev–Trinajstić information content (AvgIpc) is 2.51. The molecule has 22 heavy (non-hydrogen) atoms. The maximum atomic E-state index is 12.0. The number of methoxy groups -OCH3 is 1. The highest BCUT2D eigenvalue weighted by atomic mass is 32.1. The van der Waals surface area contributed by atoms with E-state index >= 15 is 0 Å². The minimum absolute atomic E-state index is 0.0768. The third-order valence-corrected chi connectivity index (χ3v) is 3.11. The van der Waals surface area contributed by atoms with E-state index in [1.807, 2.05) is 12.1 Å². The molecule has 0 amide bonds. The van der Waals surface area contributed by atoms with Gasteiger partial charge in [-0.25, -0.2) is 4.79 Å². The third-order valence-electron chi connectivity index (χ3n) is 3.01. The van der Waals surface area contributed by atoms with Gasteiger partial charge in [-0.1, -0.05) is 12.1 Å². The molecule has 1 aliphatic rings. The van der Waals surface area contributed by atoms with Gasteiger partial charge in [0.15, 0.2) is 28.1 Å². The number of nitrogens with two attached hydrogens (primary N) is 1. The van der Waals surface area contributed by atoms with E-state index in [0.29, 0.717) is 28.7 Å². The summed E-state index contributed by atoms with van der Waals surface area (Å²) in [5, 5.41) is 2.84. The lowest BCUT2D eigenvalue weighted by molar-refractivity contribution is 0.0597. The van der Waals surface area contributed by atoms with Crippen molar-refractivity contribution >= 4 is 29.0 Å². The van der Waals surface area contributed by atoms with Crippen LogP contribution in [0.25, 0.3) is 0 Å². The first kappa shape index (κ1) is 14.2. The smallest absolute Gasteiger partial charge is 0.341 e. The van der Waals surface area contributed by atoms with Crippen molar-refractivity contribution in [2.75, 3.05) is 12.4 Å². The topological polar surface area (TPSA) is 82.8 Å². The first-order chi connectivity index (χ1) is 10.6. The quantitative estimate of drug-likeness (QED) is 0.555. The zero-order chi connectivity index (χ0) is 15.7. The van der Waals surface area contributed by atoms with E-state index in [1.165, 1.54) is 7.11 Å². The van der Waals surface area contributed by atoms with Crippen molar-refractivity contribution in [3.05, 3.63) is 42.0 Å². The number of esters is 1. The van der Waals surface area contributed by atoms with Crippen LogP contribution in [0.1, 0.15) is 10.4 Å². The van der Waals surface area contributed by atoms with Gasteiger partial charge in [0, 0.05) is 11.8 Å². The number of anilines is 1. The number of hydrogen-bond donors (Lipinski definition) is 2. The molecule has 0 atom stereocenters. The van der Waals surface area contributed by atoms with Crippen molar-refractivity contribution in [1.29, 1.82) is 0 Å². The zero-order valence-corrected chi connectivity index (χ0v) is 12.4. The third kappa shape index (κ3) is 2.53. The second kappa shape index (κ2) is 5.53. The van der Waals surface area contributed by atoms with Crippen LogP contribution in [0.5, 0.6) is 23.0 Å². The lowest BCUT2D eigenvalue weighted by Crippen LogP contribution is -2.19. The van der Waals surface area contributed by atoms with Crippen LogP contribution in [-0.4, -0.2) is 18.2 Å². The van der Waals surface area contributed by atoms with E-state index in [0.717, 1.165) is 0 Å². The van der Waals surface area contributed by atoms with Crippen LogP contribution in [0, 0.1) is 0 Å². The van der Waals surface area contributed by atoms with Crippen LogP contribution in [0.3, 0.4) is 0 Å². The average molecular weight is 316 g/mol. The van der Waals surface area contributed by atoms with Gasteiger partial charge in [0.2, 0.25) is 0 Å². The fourth-order valence-electron chi connectivity index (χ4n) is 2.11. The minimum atomic E-state index is -0.550. The second-order valence-electron chi connectivity index (χ2n) is 4.48. The van der Waals surface area contributed by atoms with E-state index < -0.39 is 5.97 Å². The Morgan fingerprint density at radius 3 is 2.50 bits per heavy atom. The molecule has 1 heterocycles. The molecule has 7 heteroatoms. The van der Waals surface area contributed by atoms with Gasteiger partial charge in [-0.3, -0.25) is 0 Å². The van der Waals surface area contributed by atoms with Crippen LogP contribution in [0.15, 0.2) is 36.4 Å². The normalized spacial score (nSPS) is 11.3. The van der Waals surface area contributed by atoms with Crippen molar-refractivity contribution in [2.45, 2.75) is 0 Å². The molecule has 6 nitrogen and oxygen atoms in total. The maximum absolute atomic E-state index is 12.0. The highest BCUT2D eigenvalue weighted by Gasteiger charge is 2.26. The Morgan fingerprint density at radius 1 is 1.18 bits per heavy atom. The van der Waals surface area contributed by atoms with Crippen LogP contribution in [0.4, 0.5) is 5.69 Å². The molecule has 3 N–H and O–H groups in total. The number of nitrogens with one attached hydrogen (secondary N) is 1.